The lowest BCUT2D eigenvalue weighted by Crippen LogP contribution is -2.26. The molecule has 0 saturated carbocycles. The zero-order valence-electron chi connectivity index (χ0n) is 30.6. The smallest absolute Gasteiger partial charge is 0.0726 e. The summed E-state index contributed by atoms with van der Waals surface area (Å²) in [7, 11) is 0. The molecule has 7 aromatic rings. The maximum atomic E-state index is 2.52. The van der Waals surface area contributed by atoms with E-state index in [1.807, 2.05) is 0 Å². The van der Waals surface area contributed by atoms with Crippen LogP contribution in [0.5, 0.6) is 0 Å². The van der Waals surface area contributed by atoms with Crippen molar-refractivity contribution in [3.63, 3.8) is 0 Å². The third kappa shape index (κ3) is 4.15. The number of fused-ring (bicyclic) bond motifs is 13. The highest BCUT2D eigenvalue weighted by molar-refractivity contribution is 5.97. The summed E-state index contributed by atoms with van der Waals surface area (Å²) in [6.07, 6.45) is 12.1. The van der Waals surface area contributed by atoms with Gasteiger partial charge in [-0.05, 0) is 109 Å². The standard InChI is InChI=1S/C53H39N/c1-52(2)45-24-12-7-20-39(45)43-31-29-36(33-49(43)52)54(51-28-16-11-19-38(51)35-17-5-3-4-6-18-35)37-30-32-44-42-23-10-15-27-48(42)53(50(44)34-37)46-25-13-8-21-40(46)41-22-9-14-26-47(41)53/h3,5-34H,4H2,1-2H3. The van der Waals surface area contributed by atoms with E-state index in [1.165, 1.54) is 77.9 Å². The van der Waals surface area contributed by atoms with Gasteiger partial charge in [-0.1, -0.05) is 172 Å². The van der Waals surface area contributed by atoms with Gasteiger partial charge in [0.1, 0.15) is 0 Å². The van der Waals surface area contributed by atoms with Crippen LogP contribution < -0.4 is 4.90 Å². The van der Waals surface area contributed by atoms with Crippen molar-refractivity contribution in [1.82, 2.24) is 0 Å². The Morgan fingerprint density at radius 2 is 0.889 bits per heavy atom. The number of nitrogens with zero attached hydrogens (tertiary/aromatic N) is 1. The summed E-state index contributed by atoms with van der Waals surface area (Å²) in [5, 5.41) is 0. The molecule has 0 fully saturated rings. The highest BCUT2D eigenvalue weighted by atomic mass is 15.1. The third-order valence-electron chi connectivity index (χ3n) is 12.5. The fourth-order valence-corrected chi connectivity index (χ4v) is 10.2. The van der Waals surface area contributed by atoms with Gasteiger partial charge in [0, 0.05) is 22.4 Å². The molecule has 11 rings (SSSR count). The van der Waals surface area contributed by atoms with Crippen molar-refractivity contribution in [3.8, 4) is 33.4 Å². The number of hydrogen-bond acceptors (Lipinski definition) is 1. The third-order valence-corrected chi connectivity index (χ3v) is 12.5. The summed E-state index contributed by atoms with van der Waals surface area (Å²) < 4.78 is 0. The van der Waals surface area contributed by atoms with Crippen molar-refractivity contribution < 1.29 is 0 Å². The fraction of sp³-hybridized carbons (Fsp3) is 0.0943. The summed E-state index contributed by atoms with van der Waals surface area (Å²) in [4.78, 5) is 2.52. The lowest BCUT2D eigenvalue weighted by atomic mass is 9.70. The second-order valence-electron chi connectivity index (χ2n) is 15.6. The molecule has 1 heteroatoms. The van der Waals surface area contributed by atoms with E-state index in [9.17, 15) is 0 Å². The van der Waals surface area contributed by atoms with Crippen LogP contribution in [0.3, 0.4) is 0 Å². The lowest BCUT2D eigenvalue weighted by molar-refractivity contribution is 0.660. The van der Waals surface area contributed by atoms with Crippen LogP contribution in [0.1, 0.15) is 59.2 Å². The highest BCUT2D eigenvalue weighted by Gasteiger charge is 2.51. The van der Waals surface area contributed by atoms with Crippen molar-refractivity contribution in [2.45, 2.75) is 31.1 Å². The minimum absolute atomic E-state index is 0.120. The van der Waals surface area contributed by atoms with Crippen LogP contribution in [0, 0.1) is 0 Å². The molecule has 4 aliphatic carbocycles. The van der Waals surface area contributed by atoms with E-state index in [1.54, 1.807) is 0 Å². The lowest BCUT2D eigenvalue weighted by Gasteiger charge is -2.33. The summed E-state index contributed by atoms with van der Waals surface area (Å²) in [5.74, 6) is 0. The maximum Gasteiger partial charge on any atom is 0.0726 e. The molecule has 0 atom stereocenters. The SMILES string of the molecule is CC1(C)c2ccccc2-c2ccc(N(c3ccc4c(c3)C3(c5ccccc5-c5ccccc53)c3ccccc3-4)c3ccccc3C3=CC=CCC=C3)cc21. The van der Waals surface area contributed by atoms with Crippen molar-refractivity contribution in [2.24, 2.45) is 0 Å². The maximum absolute atomic E-state index is 2.52. The first-order chi connectivity index (χ1) is 26.6. The zero-order valence-corrected chi connectivity index (χ0v) is 30.6. The molecule has 1 nitrogen and oxygen atoms in total. The van der Waals surface area contributed by atoms with Gasteiger partial charge in [0.05, 0.1) is 11.1 Å². The van der Waals surface area contributed by atoms with Crippen LogP contribution in [0.2, 0.25) is 0 Å². The monoisotopic (exact) mass is 689 g/mol. The van der Waals surface area contributed by atoms with E-state index in [-0.39, 0.29) is 5.41 Å². The second-order valence-corrected chi connectivity index (χ2v) is 15.6. The molecule has 54 heavy (non-hydrogen) atoms. The van der Waals surface area contributed by atoms with Gasteiger partial charge in [0.2, 0.25) is 0 Å². The van der Waals surface area contributed by atoms with Crippen molar-refractivity contribution in [2.75, 3.05) is 4.90 Å². The van der Waals surface area contributed by atoms with Crippen molar-refractivity contribution in [1.29, 1.82) is 0 Å². The van der Waals surface area contributed by atoms with Gasteiger partial charge in [-0.15, -0.1) is 0 Å². The number of allylic oxidation sites excluding steroid dienone is 6. The number of hydrogen-bond donors (Lipinski definition) is 0. The first-order valence-electron chi connectivity index (χ1n) is 19.2. The molecule has 4 aliphatic rings. The van der Waals surface area contributed by atoms with Crippen LogP contribution >= 0.6 is 0 Å². The Labute approximate surface area is 317 Å². The second kappa shape index (κ2) is 11.5. The predicted octanol–water partition coefficient (Wildman–Crippen LogP) is 13.7. The Morgan fingerprint density at radius 1 is 0.426 bits per heavy atom. The van der Waals surface area contributed by atoms with E-state index < -0.39 is 5.41 Å². The summed E-state index contributed by atoms with van der Waals surface area (Å²) in [6, 6.07) is 59.5. The zero-order chi connectivity index (χ0) is 36.0. The van der Waals surface area contributed by atoms with Gasteiger partial charge < -0.3 is 4.90 Å². The molecule has 1 spiro atoms. The average Bonchev–Trinajstić information content (AvgIpc) is 3.63. The molecule has 0 heterocycles. The number of para-hydroxylation sites is 1. The van der Waals surface area contributed by atoms with Gasteiger partial charge >= 0.3 is 0 Å². The van der Waals surface area contributed by atoms with Crippen LogP contribution in [0.25, 0.3) is 39.0 Å². The molecular weight excluding hydrogens is 651 g/mol. The van der Waals surface area contributed by atoms with Crippen LogP contribution in [-0.4, -0.2) is 0 Å². The van der Waals surface area contributed by atoms with E-state index in [4.69, 9.17) is 0 Å². The highest BCUT2D eigenvalue weighted by Crippen LogP contribution is 2.63. The Hall–Kier alpha value is -6.44. The van der Waals surface area contributed by atoms with Crippen molar-refractivity contribution >= 4 is 22.6 Å². The minimum atomic E-state index is -0.417. The fourth-order valence-electron chi connectivity index (χ4n) is 10.2. The van der Waals surface area contributed by atoms with E-state index >= 15 is 0 Å². The normalized spacial score (nSPS) is 15.8. The Balaban J connectivity index is 1.19. The molecule has 0 aliphatic heterocycles. The summed E-state index contributed by atoms with van der Waals surface area (Å²) in [5.41, 5.74) is 21.5. The van der Waals surface area contributed by atoms with Gasteiger partial charge in [0.15, 0.2) is 0 Å². The Morgan fingerprint density at radius 3 is 1.50 bits per heavy atom. The molecule has 0 unspecified atom stereocenters. The number of rotatable bonds is 4. The van der Waals surface area contributed by atoms with Crippen LogP contribution in [0.4, 0.5) is 17.1 Å². The summed E-state index contributed by atoms with van der Waals surface area (Å²) in [6.45, 7) is 4.75. The average molecular weight is 690 g/mol. The molecule has 0 saturated heterocycles. The molecule has 7 aromatic carbocycles. The van der Waals surface area contributed by atoms with Crippen LogP contribution in [0.15, 0.2) is 188 Å². The number of anilines is 3. The molecule has 0 aromatic heterocycles. The number of benzene rings is 7. The molecule has 0 N–H and O–H groups in total. The minimum Gasteiger partial charge on any atom is -0.310 e. The van der Waals surface area contributed by atoms with Gasteiger partial charge in [0.25, 0.3) is 0 Å². The molecule has 0 radical (unpaired) electrons. The predicted molar refractivity (Wildman–Crippen MR) is 226 cm³/mol. The molecule has 0 bridgehead atoms. The Kier molecular flexibility index (Phi) is 6.64. The van der Waals surface area contributed by atoms with E-state index in [0.29, 0.717) is 0 Å². The van der Waals surface area contributed by atoms with Crippen molar-refractivity contribution in [3.05, 3.63) is 227 Å². The molecular formula is C53H39N. The molecule has 0 amide bonds. The van der Waals surface area contributed by atoms with E-state index in [0.717, 1.165) is 23.5 Å². The molecule has 256 valence electrons. The van der Waals surface area contributed by atoms with E-state index in [2.05, 4.69) is 207 Å². The Bertz CT molecular complexity index is 2720. The largest absolute Gasteiger partial charge is 0.310 e. The van der Waals surface area contributed by atoms with Gasteiger partial charge in [-0.25, -0.2) is 0 Å². The summed E-state index contributed by atoms with van der Waals surface area (Å²) >= 11 is 0. The first kappa shape index (κ1) is 31.1. The van der Waals surface area contributed by atoms with Gasteiger partial charge in [-0.3, -0.25) is 0 Å². The quantitative estimate of drug-likeness (QED) is 0.178. The topological polar surface area (TPSA) is 3.24 Å². The van der Waals surface area contributed by atoms with Crippen LogP contribution in [-0.2, 0) is 10.8 Å². The van der Waals surface area contributed by atoms with Gasteiger partial charge in [-0.2, -0.15) is 0 Å². The first-order valence-corrected chi connectivity index (χ1v) is 19.2.